The minimum absolute atomic E-state index is 0.100. The van der Waals surface area contributed by atoms with Gasteiger partial charge >= 0.3 is 0 Å². The number of halogens is 1. The van der Waals surface area contributed by atoms with E-state index in [9.17, 15) is 4.79 Å². The van der Waals surface area contributed by atoms with Crippen LogP contribution in [0.4, 0.5) is 0 Å². The Kier molecular flexibility index (Phi) is 6.60. The highest BCUT2D eigenvalue weighted by Crippen LogP contribution is 2.33. The molecule has 3 aromatic rings. The predicted molar refractivity (Wildman–Crippen MR) is 145 cm³/mol. The van der Waals surface area contributed by atoms with Gasteiger partial charge in [-0.15, -0.1) is 0 Å². The highest BCUT2D eigenvalue weighted by atomic mass is 35.5. The summed E-state index contributed by atoms with van der Waals surface area (Å²) in [5.74, 6) is -0.0495. The fraction of sp³-hybridized carbons (Fsp3) is 0.310. The quantitative estimate of drug-likeness (QED) is 0.452. The van der Waals surface area contributed by atoms with Crippen molar-refractivity contribution in [2.24, 2.45) is 5.73 Å². The molecule has 7 heteroatoms. The van der Waals surface area contributed by atoms with E-state index in [1.165, 1.54) is 10.5 Å². The van der Waals surface area contributed by atoms with Gasteiger partial charge in [0, 0.05) is 36.7 Å². The fourth-order valence-corrected chi connectivity index (χ4v) is 5.49. The Hall–Kier alpha value is -3.19. The van der Waals surface area contributed by atoms with Crippen molar-refractivity contribution in [1.82, 2.24) is 15.1 Å². The average Bonchev–Trinajstić information content (AvgIpc) is 3.36. The minimum Gasteiger partial charge on any atom is -0.338 e. The van der Waals surface area contributed by atoms with Crippen LogP contribution in [-0.2, 0) is 16.8 Å². The van der Waals surface area contributed by atoms with Crippen molar-refractivity contribution < 1.29 is 4.79 Å². The molecule has 2 saturated heterocycles. The number of nitrogens with one attached hydrogen (secondary N) is 2. The Morgan fingerprint density at radius 3 is 2.50 bits per heavy atom. The highest BCUT2D eigenvalue weighted by Gasteiger charge is 2.50. The van der Waals surface area contributed by atoms with Crippen LogP contribution >= 0.6 is 11.6 Å². The zero-order chi connectivity index (χ0) is 25.3. The summed E-state index contributed by atoms with van der Waals surface area (Å²) in [7, 11) is 0. The molecule has 36 heavy (non-hydrogen) atoms. The molecule has 6 nitrogen and oxygen atoms in total. The first-order chi connectivity index (χ1) is 17.3. The van der Waals surface area contributed by atoms with Gasteiger partial charge in [-0.05, 0) is 60.2 Å². The molecule has 1 amide bonds. The average molecular weight is 502 g/mol. The molecule has 0 saturated carbocycles. The van der Waals surface area contributed by atoms with Crippen molar-refractivity contribution in [1.29, 1.82) is 5.41 Å². The number of nitrogens with two attached hydrogens (primary N) is 1. The summed E-state index contributed by atoms with van der Waals surface area (Å²) < 4.78 is 0. The van der Waals surface area contributed by atoms with Crippen LogP contribution in [0.15, 0.2) is 78.9 Å². The molecule has 0 aliphatic carbocycles. The maximum Gasteiger partial charge on any atom is 0.259 e. The van der Waals surface area contributed by atoms with Crippen LogP contribution in [0.25, 0.3) is 11.1 Å². The number of likely N-dealkylation sites (tertiary alicyclic amines) is 1. The molecule has 1 unspecified atom stereocenters. The first-order valence-electron chi connectivity index (χ1n) is 12.4. The number of hydrogen-bond acceptors (Lipinski definition) is 4. The van der Waals surface area contributed by atoms with Gasteiger partial charge in [0.2, 0.25) is 0 Å². The summed E-state index contributed by atoms with van der Waals surface area (Å²) >= 11 is 6.19. The van der Waals surface area contributed by atoms with Crippen LogP contribution in [0.1, 0.15) is 24.5 Å². The second kappa shape index (κ2) is 9.69. The third-order valence-electron chi connectivity index (χ3n) is 7.41. The van der Waals surface area contributed by atoms with E-state index >= 15 is 0 Å². The normalized spacial score (nSPS) is 24.4. The van der Waals surface area contributed by atoms with Gasteiger partial charge in [0.25, 0.3) is 5.91 Å². The summed E-state index contributed by atoms with van der Waals surface area (Å²) in [6.07, 6.45) is 1.76. The van der Waals surface area contributed by atoms with Gasteiger partial charge in [0.15, 0.2) is 5.96 Å². The molecule has 2 atom stereocenters. The number of benzene rings is 3. The van der Waals surface area contributed by atoms with Crippen molar-refractivity contribution in [3.63, 3.8) is 0 Å². The topological polar surface area (TPSA) is 85.4 Å². The maximum atomic E-state index is 13.7. The molecule has 0 spiro atoms. The zero-order valence-corrected chi connectivity index (χ0v) is 21.3. The largest absolute Gasteiger partial charge is 0.338 e. The molecule has 0 aromatic heterocycles. The van der Waals surface area contributed by atoms with Crippen LogP contribution in [0, 0.1) is 5.41 Å². The van der Waals surface area contributed by atoms with Gasteiger partial charge in [-0.25, -0.2) is 0 Å². The zero-order valence-electron chi connectivity index (χ0n) is 20.5. The van der Waals surface area contributed by atoms with Gasteiger partial charge in [0.1, 0.15) is 5.54 Å². The highest BCUT2D eigenvalue weighted by molar-refractivity contribution is 6.30. The van der Waals surface area contributed by atoms with E-state index < -0.39 is 11.1 Å². The molecule has 2 aliphatic heterocycles. The SMILES string of the molecule is CC1(c2cccc(-c3cccc(Cl)c3)c2)NC(=N)N(C[C@@]2(N)CCN(CCc3ccccc3)C2)C1=O. The van der Waals surface area contributed by atoms with Gasteiger partial charge < -0.3 is 16.0 Å². The number of rotatable bonds is 7. The molecule has 0 radical (unpaired) electrons. The maximum absolute atomic E-state index is 13.7. The lowest BCUT2D eigenvalue weighted by Crippen LogP contribution is -2.54. The van der Waals surface area contributed by atoms with Crippen LogP contribution in [-0.4, -0.2) is 53.4 Å². The van der Waals surface area contributed by atoms with Crippen LogP contribution in [0.5, 0.6) is 0 Å². The van der Waals surface area contributed by atoms with Gasteiger partial charge in [-0.3, -0.25) is 15.1 Å². The first kappa shape index (κ1) is 24.5. The predicted octanol–water partition coefficient (Wildman–Crippen LogP) is 4.23. The van der Waals surface area contributed by atoms with Crippen molar-refractivity contribution in [3.05, 3.63) is 95.0 Å². The van der Waals surface area contributed by atoms with E-state index in [1.807, 2.05) is 61.5 Å². The van der Waals surface area contributed by atoms with E-state index in [4.69, 9.17) is 22.7 Å². The van der Waals surface area contributed by atoms with Crippen LogP contribution in [0.3, 0.4) is 0 Å². The van der Waals surface area contributed by atoms with Crippen molar-refractivity contribution in [2.45, 2.75) is 30.8 Å². The number of nitrogens with zero attached hydrogens (tertiary/aromatic N) is 2. The molecule has 2 aliphatic rings. The van der Waals surface area contributed by atoms with E-state index in [0.29, 0.717) is 18.1 Å². The minimum atomic E-state index is -1.03. The fourth-order valence-electron chi connectivity index (χ4n) is 5.30. The van der Waals surface area contributed by atoms with Crippen LogP contribution < -0.4 is 11.1 Å². The summed E-state index contributed by atoms with van der Waals surface area (Å²) in [5, 5.41) is 12.4. The molecule has 4 N–H and O–H groups in total. The van der Waals surface area contributed by atoms with Gasteiger partial charge in [-0.1, -0.05) is 72.3 Å². The third kappa shape index (κ3) is 4.89. The molecule has 3 aromatic carbocycles. The lowest BCUT2D eigenvalue weighted by atomic mass is 9.89. The van der Waals surface area contributed by atoms with Crippen molar-refractivity contribution in [2.75, 3.05) is 26.2 Å². The Morgan fingerprint density at radius 1 is 1.03 bits per heavy atom. The molecule has 2 fully saturated rings. The second-order valence-electron chi connectivity index (χ2n) is 10.2. The van der Waals surface area contributed by atoms with E-state index in [2.05, 4.69) is 34.5 Å². The van der Waals surface area contributed by atoms with Crippen molar-refractivity contribution in [3.8, 4) is 11.1 Å². The Morgan fingerprint density at radius 2 is 1.75 bits per heavy atom. The number of carbonyl (C=O) groups is 1. The number of guanidine groups is 1. The van der Waals surface area contributed by atoms with Gasteiger partial charge in [0.05, 0.1) is 0 Å². The Labute approximate surface area is 217 Å². The molecule has 186 valence electrons. The number of carbonyl (C=O) groups excluding carboxylic acids is 1. The van der Waals surface area contributed by atoms with E-state index in [1.54, 1.807) is 0 Å². The second-order valence-corrected chi connectivity index (χ2v) is 10.6. The standard InChI is InChI=1S/C29H32ClN5O/c1-28(24-11-5-9-22(17-24)23-10-6-12-25(30)18-23)26(36)35(27(31)33-28)20-29(32)14-16-34(19-29)15-13-21-7-3-2-4-8-21/h2-12,17-18H,13-16,19-20,32H2,1H3,(H2,31,33)/t28?,29-/m1/s1. The third-order valence-corrected chi connectivity index (χ3v) is 7.64. The van der Waals surface area contributed by atoms with Crippen molar-refractivity contribution >= 4 is 23.5 Å². The molecule has 5 rings (SSSR count). The number of hydrogen-bond donors (Lipinski definition) is 3. The summed E-state index contributed by atoms with van der Waals surface area (Å²) in [5.41, 5.74) is 9.27. The first-order valence-corrected chi connectivity index (χ1v) is 12.7. The number of amides is 1. The Bertz CT molecular complexity index is 1280. The van der Waals surface area contributed by atoms with Gasteiger partial charge in [-0.2, -0.15) is 0 Å². The van der Waals surface area contributed by atoms with E-state index in [0.717, 1.165) is 42.6 Å². The molecular weight excluding hydrogens is 470 g/mol. The lowest BCUT2D eigenvalue weighted by molar-refractivity contribution is -0.131. The molecule has 2 heterocycles. The Balaban J connectivity index is 1.28. The summed E-state index contributed by atoms with van der Waals surface area (Å²) in [6.45, 7) is 4.69. The molecule has 0 bridgehead atoms. The lowest BCUT2D eigenvalue weighted by Gasteiger charge is -2.30. The monoisotopic (exact) mass is 501 g/mol. The van der Waals surface area contributed by atoms with E-state index in [-0.39, 0.29) is 11.9 Å². The van der Waals surface area contributed by atoms with Crippen LogP contribution in [0.2, 0.25) is 5.02 Å². The molecular formula is C29H32ClN5O. The summed E-state index contributed by atoms with van der Waals surface area (Å²) in [6, 6.07) is 25.9. The smallest absolute Gasteiger partial charge is 0.259 e. The summed E-state index contributed by atoms with van der Waals surface area (Å²) in [4.78, 5) is 17.6.